The number of carbonyl (C=O) groups is 2. The molecule has 7 heteroatoms. The van der Waals surface area contributed by atoms with Gasteiger partial charge in [-0.15, -0.1) is 0 Å². The monoisotopic (exact) mass is 279 g/mol. The number of urea groups is 1. The van der Waals surface area contributed by atoms with Crippen molar-refractivity contribution in [2.24, 2.45) is 5.92 Å². The average molecular weight is 279 g/mol. The number of ether oxygens (including phenoxy) is 1. The summed E-state index contributed by atoms with van der Waals surface area (Å²) >= 11 is 0. The van der Waals surface area contributed by atoms with E-state index in [4.69, 9.17) is 9.84 Å². The van der Waals surface area contributed by atoms with E-state index in [-0.39, 0.29) is 19.2 Å². The van der Waals surface area contributed by atoms with Crippen molar-refractivity contribution in [3.63, 3.8) is 0 Å². The van der Waals surface area contributed by atoms with Crippen LogP contribution in [-0.2, 0) is 9.53 Å². The lowest BCUT2D eigenvalue weighted by molar-refractivity contribution is -0.142. The number of carbonyl (C=O) groups excluding carboxylic acids is 1. The lowest BCUT2D eigenvalue weighted by Crippen LogP contribution is -2.45. The lowest BCUT2D eigenvalue weighted by atomic mass is 10.0. The van der Waals surface area contributed by atoms with Crippen molar-refractivity contribution in [2.75, 3.05) is 25.6 Å². The van der Waals surface area contributed by atoms with E-state index < -0.39 is 17.9 Å². The number of nitrogens with zero attached hydrogens (tertiary/aromatic N) is 2. The number of aryl methyl sites for hydroxylation is 1. The highest BCUT2D eigenvalue weighted by Gasteiger charge is 2.38. The topological polar surface area (TPSA) is 91.8 Å². The number of carboxylic acids is 1. The number of nitrogens with one attached hydrogen (secondary N) is 1. The van der Waals surface area contributed by atoms with E-state index in [1.807, 2.05) is 6.92 Å². The van der Waals surface area contributed by atoms with Gasteiger partial charge in [0.15, 0.2) is 0 Å². The number of aliphatic carboxylic acids is 1. The van der Waals surface area contributed by atoms with Crippen LogP contribution in [0.2, 0.25) is 0 Å². The van der Waals surface area contributed by atoms with Crippen LogP contribution in [0.4, 0.5) is 10.5 Å². The zero-order chi connectivity index (χ0) is 14.7. The number of pyridine rings is 1. The highest BCUT2D eigenvalue weighted by Crippen LogP contribution is 2.20. The summed E-state index contributed by atoms with van der Waals surface area (Å²) in [5.41, 5.74) is 1.51. The van der Waals surface area contributed by atoms with E-state index in [1.54, 1.807) is 25.5 Å². The van der Waals surface area contributed by atoms with Crippen LogP contribution in [0.25, 0.3) is 0 Å². The van der Waals surface area contributed by atoms with Crippen LogP contribution in [0, 0.1) is 12.8 Å². The average Bonchev–Trinajstić information content (AvgIpc) is 2.87. The molecule has 0 bridgehead atoms. The Balaban J connectivity index is 2.03. The summed E-state index contributed by atoms with van der Waals surface area (Å²) in [4.78, 5) is 28.6. The van der Waals surface area contributed by atoms with Crippen LogP contribution in [-0.4, -0.2) is 53.3 Å². The Bertz CT molecular complexity index is 520. The molecule has 0 spiro atoms. The third kappa shape index (κ3) is 3.05. The SMILES string of the molecule is Cc1cncc(NC(=O)N(C)C2COCC2C(=O)O)c1. The summed E-state index contributed by atoms with van der Waals surface area (Å²) in [5, 5.41) is 11.8. The molecule has 1 saturated heterocycles. The van der Waals surface area contributed by atoms with E-state index >= 15 is 0 Å². The Morgan fingerprint density at radius 3 is 2.85 bits per heavy atom. The van der Waals surface area contributed by atoms with Crippen molar-refractivity contribution < 1.29 is 19.4 Å². The van der Waals surface area contributed by atoms with E-state index in [0.717, 1.165) is 5.56 Å². The molecule has 1 aromatic heterocycles. The largest absolute Gasteiger partial charge is 0.481 e. The molecule has 1 aliphatic rings. The van der Waals surface area contributed by atoms with Gasteiger partial charge in [0, 0.05) is 13.2 Å². The number of hydrogen-bond donors (Lipinski definition) is 2. The first-order chi connectivity index (χ1) is 9.49. The van der Waals surface area contributed by atoms with Gasteiger partial charge in [-0.2, -0.15) is 0 Å². The summed E-state index contributed by atoms with van der Waals surface area (Å²) in [5.74, 6) is -1.65. The predicted molar refractivity (Wildman–Crippen MR) is 71.5 cm³/mol. The molecule has 0 saturated carbocycles. The molecule has 7 nitrogen and oxygen atoms in total. The molecule has 1 aromatic rings. The minimum absolute atomic E-state index is 0.129. The fraction of sp³-hybridized carbons (Fsp3) is 0.462. The normalized spacial score (nSPS) is 21.5. The smallest absolute Gasteiger partial charge is 0.321 e. The number of rotatable bonds is 3. The van der Waals surface area contributed by atoms with Crippen molar-refractivity contribution in [1.82, 2.24) is 9.88 Å². The quantitative estimate of drug-likeness (QED) is 0.859. The molecule has 1 fully saturated rings. The second-order valence-corrected chi connectivity index (χ2v) is 4.84. The van der Waals surface area contributed by atoms with Gasteiger partial charge in [-0.3, -0.25) is 9.78 Å². The number of carboxylic acid groups (broad SMARTS) is 1. The number of aromatic nitrogens is 1. The fourth-order valence-corrected chi connectivity index (χ4v) is 2.15. The minimum Gasteiger partial charge on any atom is -0.481 e. The van der Waals surface area contributed by atoms with Crippen molar-refractivity contribution in [2.45, 2.75) is 13.0 Å². The Kier molecular flexibility index (Phi) is 4.19. The minimum atomic E-state index is -0.954. The molecule has 2 atom stereocenters. The van der Waals surface area contributed by atoms with E-state index in [1.165, 1.54) is 4.90 Å². The fourth-order valence-electron chi connectivity index (χ4n) is 2.15. The Morgan fingerprint density at radius 2 is 2.20 bits per heavy atom. The van der Waals surface area contributed by atoms with Gasteiger partial charge < -0.3 is 20.1 Å². The molecule has 0 aliphatic carbocycles. The zero-order valence-corrected chi connectivity index (χ0v) is 11.4. The summed E-state index contributed by atoms with van der Waals surface area (Å²) in [6.45, 7) is 2.23. The number of anilines is 1. The first-order valence-corrected chi connectivity index (χ1v) is 6.25. The van der Waals surface area contributed by atoms with Crippen molar-refractivity contribution >= 4 is 17.7 Å². The number of hydrogen-bond acceptors (Lipinski definition) is 4. The van der Waals surface area contributed by atoms with Gasteiger partial charge in [-0.05, 0) is 18.6 Å². The molecule has 0 aromatic carbocycles. The standard InChI is InChI=1S/C13H17N3O4/c1-8-3-9(5-14-4-8)15-13(19)16(2)11-7-20-6-10(11)12(17)18/h3-5,10-11H,6-7H2,1-2H3,(H,15,19)(H,17,18). The van der Waals surface area contributed by atoms with Crippen molar-refractivity contribution in [1.29, 1.82) is 0 Å². The molecule has 2 unspecified atom stereocenters. The lowest BCUT2D eigenvalue weighted by Gasteiger charge is -2.26. The van der Waals surface area contributed by atoms with Crippen LogP contribution < -0.4 is 5.32 Å². The first-order valence-electron chi connectivity index (χ1n) is 6.25. The highest BCUT2D eigenvalue weighted by atomic mass is 16.5. The van der Waals surface area contributed by atoms with Gasteiger partial charge in [-0.25, -0.2) is 4.79 Å². The van der Waals surface area contributed by atoms with Gasteiger partial charge >= 0.3 is 12.0 Å². The van der Waals surface area contributed by atoms with Gasteiger partial charge in [0.25, 0.3) is 0 Å². The first kappa shape index (κ1) is 14.3. The number of amides is 2. The molecule has 1 aliphatic heterocycles. The summed E-state index contributed by atoms with van der Waals surface area (Å²) in [7, 11) is 1.56. The van der Waals surface area contributed by atoms with Gasteiger partial charge in [0.1, 0.15) is 5.92 Å². The van der Waals surface area contributed by atoms with Crippen molar-refractivity contribution in [3.05, 3.63) is 24.0 Å². The Labute approximate surface area is 116 Å². The second-order valence-electron chi connectivity index (χ2n) is 4.84. The summed E-state index contributed by atoms with van der Waals surface area (Å²) in [6, 6.07) is 0.947. The summed E-state index contributed by atoms with van der Waals surface area (Å²) < 4.78 is 5.16. The van der Waals surface area contributed by atoms with E-state index in [9.17, 15) is 9.59 Å². The highest BCUT2D eigenvalue weighted by molar-refractivity contribution is 5.89. The maximum Gasteiger partial charge on any atom is 0.321 e. The molecule has 2 N–H and O–H groups in total. The van der Waals surface area contributed by atoms with Crippen LogP contribution >= 0.6 is 0 Å². The molecular weight excluding hydrogens is 262 g/mol. The van der Waals surface area contributed by atoms with Gasteiger partial charge in [-0.1, -0.05) is 0 Å². The zero-order valence-electron chi connectivity index (χ0n) is 11.4. The van der Waals surface area contributed by atoms with E-state index in [2.05, 4.69) is 10.3 Å². The second kappa shape index (κ2) is 5.87. The molecule has 2 heterocycles. The number of likely N-dealkylation sites (N-methyl/N-ethyl adjacent to an activating group) is 1. The predicted octanol–water partition coefficient (Wildman–Crippen LogP) is 0.953. The third-order valence-electron chi connectivity index (χ3n) is 3.31. The van der Waals surface area contributed by atoms with Crippen LogP contribution in [0.1, 0.15) is 5.56 Å². The molecule has 108 valence electrons. The molecule has 20 heavy (non-hydrogen) atoms. The van der Waals surface area contributed by atoms with Crippen LogP contribution in [0.15, 0.2) is 18.5 Å². The molecule has 2 amide bonds. The Morgan fingerprint density at radius 1 is 1.45 bits per heavy atom. The van der Waals surface area contributed by atoms with Crippen LogP contribution in [0.3, 0.4) is 0 Å². The Hall–Kier alpha value is -2.15. The van der Waals surface area contributed by atoms with Gasteiger partial charge in [0.05, 0.1) is 31.1 Å². The maximum absolute atomic E-state index is 12.1. The third-order valence-corrected chi connectivity index (χ3v) is 3.31. The summed E-state index contributed by atoms with van der Waals surface area (Å²) in [6.07, 6.45) is 3.23. The van der Waals surface area contributed by atoms with Gasteiger partial charge in [0.2, 0.25) is 0 Å². The van der Waals surface area contributed by atoms with Crippen LogP contribution in [0.5, 0.6) is 0 Å². The van der Waals surface area contributed by atoms with E-state index in [0.29, 0.717) is 5.69 Å². The molecular formula is C13H17N3O4. The maximum atomic E-state index is 12.1. The molecule has 0 radical (unpaired) electrons. The molecule has 2 rings (SSSR count). The van der Waals surface area contributed by atoms with Crippen molar-refractivity contribution in [3.8, 4) is 0 Å².